The summed E-state index contributed by atoms with van der Waals surface area (Å²) in [5, 5.41) is 9.05. The average molecular weight is 1030 g/mol. The molecular formula is C70H53BN2O2S2. The molecule has 13 aromatic rings. The van der Waals surface area contributed by atoms with Crippen LogP contribution in [0.15, 0.2) is 188 Å². The minimum absolute atomic E-state index is 0.00411. The van der Waals surface area contributed by atoms with E-state index in [1.807, 2.05) is 22.7 Å². The fourth-order valence-electron chi connectivity index (χ4n) is 13.1. The fraction of sp³-hybridized carbons (Fsp3) is 0.143. The number of thiophene rings is 2. The Bertz CT molecular complexity index is 4740. The Morgan fingerprint density at radius 2 is 1.06 bits per heavy atom. The topological polar surface area (TPSA) is 28.3 Å². The highest BCUT2D eigenvalue weighted by atomic mass is 32.1. The van der Waals surface area contributed by atoms with E-state index in [0.717, 1.165) is 69.2 Å². The molecule has 0 bridgehead atoms. The summed E-state index contributed by atoms with van der Waals surface area (Å²) in [5.74, 6) is 3.38. The number of fused-ring (bicyclic) bond motifs is 17. The average Bonchev–Trinajstić information content (AvgIpc) is 4.35. The number of rotatable bonds is 3. The summed E-state index contributed by atoms with van der Waals surface area (Å²) in [5.41, 5.74) is 16.7. The van der Waals surface area contributed by atoms with Gasteiger partial charge in [-0.15, -0.1) is 22.7 Å². The highest BCUT2D eigenvalue weighted by Crippen LogP contribution is 2.49. The minimum Gasteiger partial charge on any atom is -0.458 e. The van der Waals surface area contributed by atoms with Gasteiger partial charge in [0.05, 0.1) is 16.6 Å². The van der Waals surface area contributed by atoms with E-state index in [-0.39, 0.29) is 17.5 Å². The molecule has 0 saturated carbocycles. The Balaban J connectivity index is 0.915. The quantitative estimate of drug-likeness (QED) is 0.130. The maximum absolute atomic E-state index is 7.39. The van der Waals surface area contributed by atoms with E-state index in [1.54, 1.807) is 0 Å². The summed E-state index contributed by atoms with van der Waals surface area (Å²) >= 11 is 3.76. The van der Waals surface area contributed by atoms with Crippen molar-refractivity contribution < 1.29 is 9.47 Å². The van der Waals surface area contributed by atoms with Gasteiger partial charge in [-0.1, -0.05) is 156 Å². The van der Waals surface area contributed by atoms with Crippen molar-refractivity contribution >= 4 is 125 Å². The summed E-state index contributed by atoms with van der Waals surface area (Å²) in [6.45, 7) is 13.8. The molecule has 0 N–H and O–H groups in total. The lowest BCUT2D eigenvalue weighted by Crippen LogP contribution is -2.57. The molecule has 4 nitrogen and oxygen atoms in total. The number of nitrogens with zero attached hydrogens (tertiary/aromatic N) is 2. The van der Waals surface area contributed by atoms with Crippen LogP contribution in [0.4, 0.5) is 0 Å². The van der Waals surface area contributed by atoms with Gasteiger partial charge < -0.3 is 18.6 Å². The third-order valence-corrected chi connectivity index (χ3v) is 19.3. The maximum atomic E-state index is 7.39. The first-order chi connectivity index (χ1) is 37.4. The standard InChI is InChI=1S/C70H53BN2O2S2/c1-69(2,3)41-16-7-11-24-56-50(36-41)51-37-42(70(4,5)6)26-31-57(51)73(56)44-28-30-53-59(39-44)75-61-35-40(45-20-15-21-49-66-64(77-68(45)49)33-32-63-65(66)48-19-10-14-25-62(48)76-63)34-60-67(61)71(53)52-29-27-43(38-58(52)74-60)72-54-22-12-8-17-46(54)47-18-9-13-23-55(47)72/h7-15,17-23,25-39H,16,24H2,1-6H3/b11-7-,41-36+. The van der Waals surface area contributed by atoms with Crippen LogP contribution >= 0.6 is 22.7 Å². The van der Waals surface area contributed by atoms with E-state index < -0.39 is 0 Å². The van der Waals surface area contributed by atoms with E-state index in [9.17, 15) is 0 Å². The molecule has 4 aromatic heterocycles. The van der Waals surface area contributed by atoms with Crippen molar-refractivity contribution in [3.8, 4) is 45.5 Å². The number of hydrogen-bond acceptors (Lipinski definition) is 4. The molecule has 0 amide bonds. The molecule has 2 aliphatic heterocycles. The van der Waals surface area contributed by atoms with E-state index in [1.165, 1.54) is 101 Å². The first kappa shape index (κ1) is 45.1. The van der Waals surface area contributed by atoms with E-state index in [2.05, 4.69) is 239 Å². The number of ether oxygens (including phenoxy) is 2. The van der Waals surface area contributed by atoms with Crippen LogP contribution in [0.3, 0.4) is 0 Å². The monoisotopic (exact) mass is 1030 g/mol. The molecule has 0 unspecified atom stereocenters. The Morgan fingerprint density at radius 1 is 0.468 bits per heavy atom. The molecule has 77 heavy (non-hydrogen) atoms. The second-order valence-electron chi connectivity index (χ2n) is 23.5. The molecule has 0 radical (unpaired) electrons. The van der Waals surface area contributed by atoms with Crippen LogP contribution in [-0.2, 0) is 11.8 Å². The van der Waals surface area contributed by atoms with Crippen LogP contribution in [0.5, 0.6) is 23.0 Å². The summed E-state index contributed by atoms with van der Waals surface area (Å²) < 4.78 is 24.8. The lowest BCUT2D eigenvalue weighted by molar-refractivity contribution is 0.464. The van der Waals surface area contributed by atoms with Gasteiger partial charge in [0.15, 0.2) is 0 Å². The van der Waals surface area contributed by atoms with E-state index in [4.69, 9.17) is 9.47 Å². The Hall–Kier alpha value is -8.10. The zero-order valence-electron chi connectivity index (χ0n) is 43.9. The predicted molar refractivity (Wildman–Crippen MR) is 330 cm³/mol. The highest BCUT2D eigenvalue weighted by Gasteiger charge is 2.41. The molecule has 6 heterocycles. The normalized spacial score (nSPS) is 15.3. The largest absolute Gasteiger partial charge is 0.458 e. The van der Waals surface area contributed by atoms with Gasteiger partial charge in [-0.05, 0) is 112 Å². The zero-order valence-corrected chi connectivity index (χ0v) is 45.5. The molecule has 0 spiro atoms. The van der Waals surface area contributed by atoms with Crippen LogP contribution in [0, 0.1) is 5.41 Å². The van der Waals surface area contributed by atoms with Crippen molar-refractivity contribution in [1.82, 2.24) is 9.13 Å². The molecule has 1 aliphatic carbocycles. The van der Waals surface area contributed by atoms with Gasteiger partial charge >= 0.3 is 0 Å². The smallest absolute Gasteiger partial charge is 0.260 e. The van der Waals surface area contributed by atoms with Crippen LogP contribution in [0.2, 0.25) is 0 Å². The van der Waals surface area contributed by atoms with Gasteiger partial charge in [-0.25, -0.2) is 0 Å². The zero-order chi connectivity index (χ0) is 51.6. The van der Waals surface area contributed by atoms with Crippen molar-refractivity contribution in [3.63, 3.8) is 0 Å². The second-order valence-corrected chi connectivity index (χ2v) is 25.6. The summed E-state index contributed by atoms with van der Waals surface area (Å²) in [6, 6.07) is 63.3. The number of aromatic nitrogens is 2. The van der Waals surface area contributed by atoms with E-state index in [0.29, 0.717) is 0 Å². The van der Waals surface area contributed by atoms with Crippen molar-refractivity contribution in [1.29, 1.82) is 0 Å². The van der Waals surface area contributed by atoms with Crippen molar-refractivity contribution in [2.45, 2.75) is 59.8 Å². The maximum Gasteiger partial charge on any atom is 0.260 e. The van der Waals surface area contributed by atoms with Gasteiger partial charge in [0.2, 0.25) is 0 Å². The number of hydrogen-bond donors (Lipinski definition) is 0. The summed E-state index contributed by atoms with van der Waals surface area (Å²) in [7, 11) is 0. The fourth-order valence-corrected chi connectivity index (χ4v) is 15.4. The van der Waals surface area contributed by atoms with Crippen LogP contribution in [0.1, 0.15) is 64.8 Å². The molecule has 0 saturated heterocycles. The molecule has 0 atom stereocenters. The first-order valence-corrected chi connectivity index (χ1v) is 28.7. The molecule has 0 fully saturated rings. The van der Waals surface area contributed by atoms with Crippen molar-refractivity contribution in [2.75, 3.05) is 0 Å². The Labute approximate surface area is 455 Å². The minimum atomic E-state index is -0.125. The van der Waals surface area contributed by atoms with Crippen molar-refractivity contribution in [3.05, 3.63) is 204 Å². The third kappa shape index (κ3) is 6.69. The van der Waals surface area contributed by atoms with Crippen LogP contribution in [0.25, 0.3) is 102 Å². The van der Waals surface area contributed by atoms with Gasteiger partial charge in [0.1, 0.15) is 23.0 Å². The first-order valence-electron chi connectivity index (χ1n) is 27.0. The van der Waals surface area contributed by atoms with Crippen molar-refractivity contribution in [2.24, 2.45) is 5.41 Å². The predicted octanol–water partition coefficient (Wildman–Crippen LogP) is 18.1. The summed E-state index contributed by atoms with van der Waals surface area (Å²) in [4.78, 5) is 0. The number of allylic oxidation sites excluding steroid dienone is 3. The summed E-state index contributed by atoms with van der Waals surface area (Å²) in [6.07, 6.45) is 9.03. The van der Waals surface area contributed by atoms with Gasteiger partial charge in [-0.2, -0.15) is 0 Å². The lowest BCUT2D eigenvalue weighted by Gasteiger charge is -2.34. The molecular weight excluding hydrogens is 976 g/mol. The SMILES string of the molecule is CC(C)(C)/C1=C/c2c(n(-c3ccc4c(c3)Oc3cc(-c5cccc6c5sc5ccc7sc8ccccc8c7c56)cc5c3B4c3ccc(-n4c6ccccc6c6ccccc64)cc3O5)c3ccc(C(C)(C)C)cc23)C/C=C\C1. The molecule has 7 heteroatoms. The number of para-hydroxylation sites is 2. The van der Waals surface area contributed by atoms with Gasteiger partial charge in [0.25, 0.3) is 6.71 Å². The molecule has 16 rings (SSSR count). The van der Waals surface area contributed by atoms with E-state index >= 15 is 0 Å². The molecule has 370 valence electrons. The number of benzene rings is 9. The third-order valence-electron chi connectivity index (χ3n) is 16.9. The Kier molecular flexibility index (Phi) is 9.51. The van der Waals surface area contributed by atoms with Crippen LogP contribution in [-0.4, -0.2) is 15.8 Å². The molecule has 9 aromatic carbocycles. The van der Waals surface area contributed by atoms with Crippen LogP contribution < -0.4 is 25.9 Å². The molecule has 3 aliphatic rings. The second kappa shape index (κ2) is 16.2. The lowest BCUT2D eigenvalue weighted by atomic mass is 9.35. The highest BCUT2D eigenvalue weighted by molar-refractivity contribution is 7.28. The van der Waals surface area contributed by atoms with Gasteiger partial charge in [0, 0.05) is 103 Å². The Morgan fingerprint density at radius 3 is 1.75 bits per heavy atom. The van der Waals surface area contributed by atoms with Gasteiger partial charge in [-0.3, -0.25) is 0 Å².